The van der Waals surface area contributed by atoms with Crippen LogP contribution in [0.1, 0.15) is 31.0 Å². The van der Waals surface area contributed by atoms with Crippen molar-refractivity contribution in [1.29, 1.82) is 0 Å². The van der Waals surface area contributed by atoms with E-state index in [0.717, 1.165) is 30.5 Å². The average molecular weight is 236 g/mol. The van der Waals surface area contributed by atoms with E-state index in [2.05, 4.69) is 5.16 Å². The molecule has 92 valence electrons. The third-order valence-corrected chi connectivity index (χ3v) is 3.67. The number of amides is 1. The van der Waals surface area contributed by atoms with Crippen molar-refractivity contribution in [2.45, 2.75) is 38.3 Å². The second kappa shape index (κ2) is 3.84. The first-order chi connectivity index (χ1) is 8.19. The fourth-order valence-corrected chi connectivity index (χ4v) is 2.60. The Morgan fingerprint density at radius 2 is 2.47 bits per heavy atom. The van der Waals surface area contributed by atoms with Gasteiger partial charge in [-0.05, 0) is 19.8 Å². The summed E-state index contributed by atoms with van der Waals surface area (Å²) in [6.07, 6.45) is 4.19. The van der Waals surface area contributed by atoms with Crippen molar-refractivity contribution in [2.75, 3.05) is 13.2 Å². The molecule has 0 aliphatic carbocycles. The van der Waals surface area contributed by atoms with Gasteiger partial charge in [-0.15, -0.1) is 0 Å². The maximum atomic E-state index is 12.4. The first-order valence-electron chi connectivity index (χ1n) is 6.04. The van der Waals surface area contributed by atoms with E-state index < -0.39 is 5.60 Å². The molecule has 3 rings (SSSR count). The lowest BCUT2D eigenvalue weighted by atomic mass is 9.99. The third-order valence-electron chi connectivity index (χ3n) is 3.67. The Kier molecular flexibility index (Phi) is 2.43. The number of fused-ring (bicyclic) bond motifs is 1. The minimum Gasteiger partial charge on any atom is -0.365 e. The Morgan fingerprint density at radius 3 is 3.24 bits per heavy atom. The highest BCUT2D eigenvalue weighted by Crippen LogP contribution is 2.29. The van der Waals surface area contributed by atoms with Crippen molar-refractivity contribution in [3.8, 4) is 0 Å². The fraction of sp³-hybridized carbons (Fsp3) is 0.667. The summed E-state index contributed by atoms with van der Waals surface area (Å²) in [5, 5.41) is 3.92. The van der Waals surface area contributed by atoms with Gasteiger partial charge in [0.1, 0.15) is 11.9 Å². The molecule has 0 saturated carbocycles. The zero-order valence-electron chi connectivity index (χ0n) is 9.94. The van der Waals surface area contributed by atoms with E-state index >= 15 is 0 Å². The first-order valence-corrected chi connectivity index (χ1v) is 6.04. The van der Waals surface area contributed by atoms with Gasteiger partial charge in [-0.1, -0.05) is 5.16 Å². The predicted molar refractivity (Wildman–Crippen MR) is 59.2 cm³/mol. The lowest BCUT2D eigenvalue weighted by Gasteiger charge is -2.32. The number of hydrogen-bond acceptors (Lipinski definition) is 4. The number of rotatable bonds is 1. The van der Waals surface area contributed by atoms with E-state index in [1.54, 1.807) is 6.26 Å². The molecule has 0 radical (unpaired) electrons. The molecule has 1 saturated heterocycles. The molecule has 0 spiro atoms. The number of hydrogen-bond donors (Lipinski definition) is 0. The molecule has 3 heterocycles. The zero-order valence-corrected chi connectivity index (χ0v) is 9.94. The summed E-state index contributed by atoms with van der Waals surface area (Å²) in [6.45, 7) is 3.88. The van der Waals surface area contributed by atoms with E-state index in [-0.39, 0.29) is 5.91 Å². The van der Waals surface area contributed by atoms with Gasteiger partial charge < -0.3 is 14.2 Å². The van der Waals surface area contributed by atoms with Crippen molar-refractivity contribution >= 4 is 5.91 Å². The zero-order chi connectivity index (χ0) is 11.9. The highest BCUT2D eigenvalue weighted by Gasteiger charge is 2.41. The van der Waals surface area contributed by atoms with Crippen LogP contribution in [0, 0.1) is 0 Å². The van der Waals surface area contributed by atoms with E-state index in [4.69, 9.17) is 9.26 Å². The summed E-state index contributed by atoms with van der Waals surface area (Å²) in [6, 6.07) is 0. The van der Waals surface area contributed by atoms with Crippen LogP contribution in [0.3, 0.4) is 0 Å². The van der Waals surface area contributed by atoms with Gasteiger partial charge in [0, 0.05) is 25.1 Å². The fourth-order valence-electron chi connectivity index (χ4n) is 2.60. The van der Waals surface area contributed by atoms with Gasteiger partial charge in [0.2, 0.25) is 0 Å². The van der Waals surface area contributed by atoms with Crippen LogP contribution in [-0.2, 0) is 22.5 Å². The molecule has 0 aromatic carbocycles. The largest absolute Gasteiger partial charge is 0.365 e. The van der Waals surface area contributed by atoms with Crippen LogP contribution in [0.4, 0.5) is 0 Å². The smallest absolute Gasteiger partial charge is 0.254 e. The van der Waals surface area contributed by atoms with Crippen LogP contribution in [0.25, 0.3) is 0 Å². The van der Waals surface area contributed by atoms with E-state index in [1.165, 1.54) is 0 Å². The number of carbonyl (C=O) groups is 1. The number of aromatic nitrogens is 1. The molecule has 1 amide bonds. The van der Waals surface area contributed by atoms with Gasteiger partial charge in [0.05, 0.1) is 12.2 Å². The van der Waals surface area contributed by atoms with Gasteiger partial charge in [-0.2, -0.15) is 0 Å². The molecule has 5 nitrogen and oxygen atoms in total. The standard InChI is InChI=1S/C12H16N2O3/c1-12(4-2-6-16-12)11(15)14-5-3-10-9(7-14)8-17-13-10/h8H,2-7H2,1H3. The molecular weight excluding hydrogens is 220 g/mol. The summed E-state index contributed by atoms with van der Waals surface area (Å²) >= 11 is 0. The van der Waals surface area contributed by atoms with E-state index in [1.807, 2.05) is 11.8 Å². The third kappa shape index (κ3) is 1.74. The Bertz CT molecular complexity index is 435. The Hall–Kier alpha value is -1.36. The average Bonchev–Trinajstić information content (AvgIpc) is 2.96. The maximum Gasteiger partial charge on any atom is 0.254 e. The Balaban J connectivity index is 1.76. The SMILES string of the molecule is CC1(C(=O)N2CCc3nocc3C2)CCCO1. The second-order valence-corrected chi connectivity index (χ2v) is 4.95. The van der Waals surface area contributed by atoms with Crippen LogP contribution in [0.2, 0.25) is 0 Å². The maximum absolute atomic E-state index is 12.4. The first kappa shape index (κ1) is 10.8. The number of carbonyl (C=O) groups excluding carboxylic acids is 1. The highest BCUT2D eigenvalue weighted by molar-refractivity contribution is 5.85. The summed E-state index contributed by atoms with van der Waals surface area (Å²) in [5.74, 6) is 0.0989. The van der Waals surface area contributed by atoms with E-state index in [0.29, 0.717) is 19.7 Å². The minimum atomic E-state index is -0.616. The van der Waals surface area contributed by atoms with Crippen molar-refractivity contribution < 1.29 is 14.1 Å². The van der Waals surface area contributed by atoms with Crippen molar-refractivity contribution in [3.63, 3.8) is 0 Å². The summed E-state index contributed by atoms with van der Waals surface area (Å²) in [7, 11) is 0. The molecule has 17 heavy (non-hydrogen) atoms. The van der Waals surface area contributed by atoms with Crippen LogP contribution >= 0.6 is 0 Å². The normalized spacial score (nSPS) is 28.2. The number of ether oxygens (including phenoxy) is 1. The highest BCUT2D eigenvalue weighted by atomic mass is 16.5. The Labute approximate surface area is 99.7 Å². The lowest BCUT2D eigenvalue weighted by molar-refractivity contribution is -0.152. The van der Waals surface area contributed by atoms with Crippen molar-refractivity contribution in [3.05, 3.63) is 17.5 Å². The summed E-state index contributed by atoms with van der Waals surface area (Å²) < 4.78 is 10.5. The van der Waals surface area contributed by atoms with Gasteiger partial charge in [0.25, 0.3) is 5.91 Å². The quantitative estimate of drug-likeness (QED) is 0.733. The van der Waals surface area contributed by atoms with Gasteiger partial charge in [-0.25, -0.2) is 0 Å². The number of nitrogens with zero attached hydrogens (tertiary/aromatic N) is 2. The summed E-state index contributed by atoms with van der Waals surface area (Å²) in [4.78, 5) is 14.3. The monoisotopic (exact) mass is 236 g/mol. The van der Waals surface area contributed by atoms with E-state index in [9.17, 15) is 4.79 Å². The van der Waals surface area contributed by atoms with Crippen LogP contribution in [0.15, 0.2) is 10.8 Å². The molecule has 1 aromatic rings. The van der Waals surface area contributed by atoms with Crippen molar-refractivity contribution in [1.82, 2.24) is 10.1 Å². The van der Waals surface area contributed by atoms with Crippen LogP contribution in [-0.4, -0.2) is 34.7 Å². The lowest BCUT2D eigenvalue weighted by Crippen LogP contribution is -2.48. The topological polar surface area (TPSA) is 55.6 Å². The molecule has 2 aliphatic rings. The van der Waals surface area contributed by atoms with Gasteiger partial charge in [-0.3, -0.25) is 4.79 Å². The summed E-state index contributed by atoms with van der Waals surface area (Å²) in [5.41, 5.74) is 1.38. The molecular formula is C12H16N2O3. The molecule has 2 aliphatic heterocycles. The van der Waals surface area contributed by atoms with Crippen LogP contribution in [0.5, 0.6) is 0 Å². The molecule has 1 fully saturated rings. The molecule has 1 unspecified atom stereocenters. The second-order valence-electron chi connectivity index (χ2n) is 4.95. The van der Waals surface area contributed by atoms with Crippen molar-refractivity contribution in [2.24, 2.45) is 0 Å². The molecule has 1 atom stereocenters. The Morgan fingerprint density at radius 1 is 1.59 bits per heavy atom. The molecule has 1 aromatic heterocycles. The molecule has 5 heteroatoms. The molecule has 0 bridgehead atoms. The minimum absolute atomic E-state index is 0.0989. The van der Waals surface area contributed by atoms with Gasteiger partial charge >= 0.3 is 0 Å². The van der Waals surface area contributed by atoms with Crippen LogP contribution < -0.4 is 0 Å². The molecule has 0 N–H and O–H groups in total. The van der Waals surface area contributed by atoms with Gasteiger partial charge in [0.15, 0.2) is 0 Å². The predicted octanol–water partition coefficient (Wildman–Crippen LogP) is 1.13.